The Hall–Kier alpha value is -0.200. The van der Waals surface area contributed by atoms with Gasteiger partial charge < -0.3 is 9.47 Å². The summed E-state index contributed by atoms with van der Waals surface area (Å²) in [5.74, 6) is 0.497. The predicted octanol–water partition coefficient (Wildman–Crippen LogP) is 2.27. The molecule has 0 atom stereocenters. The maximum Gasteiger partial charge on any atom is 0.367 e. The summed E-state index contributed by atoms with van der Waals surface area (Å²) in [6, 6.07) is 0. The van der Waals surface area contributed by atoms with Crippen LogP contribution in [0.1, 0.15) is 0 Å². The Labute approximate surface area is 92.3 Å². The van der Waals surface area contributed by atoms with E-state index in [0.717, 1.165) is 11.8 Å². The molecule has 0 aromatic heterocycles. The minimum Gasteiger partial charge on any atom is -0.478 e. The van der Waals surface area contributed by atoms with Gasteiger partial charge in [0.1, 0.15) is 6.61 Å². The molecular weight excluding hydrogens is 228 g/mol. The SMILES string of the molecule is C=CCOC(=O)SCCOC(=S)S. The van der Waals surface area contributed by atoms with E-state index in [4.69, 9.17) is 9.47 Å². The van der Waals surface area contributed by atoms with Gasteiger partial charge in [-0.2, -0.15) is 0 Å². The van der Waals surface area contributed by atoms with Gasteiger partial charge in [-0.15, -0.1) is 0 Å². The summed E-state index contributed by atoms with van der Waals surface area (Å²) in [7, 11) is 0. The zero-order chi connectivity index (χ0) is 10.1. The average molecular weight is 238 g/mol. The highest BCUT2D eigenvalue weighted by Crippen LogP contribution is 2.05. The van der Waals surface area contributed by atoms with E-state index in [-0.39, 0.29) is 16.3 Å². The monoisotopic (exact) mass is 238 g/mol. The molecule has 0 aliphatic rings. The summed E-state index contributed by atoms with van der Waals surface area (Å²) in [5, 5.41) is -0.339. The van der Waals surface area contributed by atoms with Crippen molar-refractivity contribution >= 4 is 46.3 Å². The van der Waals surface area contributed by atoms with Crippen LogP contribution >= 0.6 is 36.6 Å². The largest absolute Gasteiger partial charge is 0.478 e. The van der Waals surface area contributed by atoms with Crippen molar-refractivity contribution in [1.82, 2.24) is 0 Å². The Kier molecular flexibility index (Phi) is 8.27. The molecule has 0 saturated heterocycles. The van der Waals surface area contributed by atoms with E-state index in [2.05, 4.69) is 31.4 Å². The van der Waals surface area contributed by atoms with Crippen LogP contribution in [0, 0.1) is 0 Å². The van der Waals surface area contributed by atoms with Crippen LogP contribution in [0.2, 0.25) is 0 Å². The average Bonchev–Trinajstić information content (AvgIpc) is 2.08. The molecule has 0 aromatic carbocycles. The summed E-state index contributed by atoms with van der Waals surface area (Å²) in [4.78, 5) is 10.8. The molecule has 0 radical (unpaired) electrons. The molecule has 74 valence electrons. The van der Waals surface area contributed by atoms with Gasteiger partial charge in [0, 0.05) is 5.75 Å². The van der Waals surface area contributed by atoms with Gasteiger partial charge >= 0.3 is 5.30 Å². The van der Waals surface area contributed by atoms with Gasteiger partial charge in [0.25, 0.3) is 0 Å². The smallest absolute Gasteiger partial charge is 0.367 e. The minimum atomic E-state index is -0.339. The summed E-state index contributed by atoms with van der Waals surface area (Å²) in [5.41, 5.74) is 0. The lowest BCUT2D eigenvalue weighted by Crippen LogP contribution is -2.03. The first-order valence-corrected chi connectivity index (χ1v) is 5.27. The minimum absolute atomic E-state index is 0.181. The van der Waals surface area contributed by atoms with Crippen molar-refractivity contribution in [3.63, 3.8) is 0 Å². The standard InChI is InChI=1S/C7H10O3S3/c1-2-3-9-6(8)13-5-4-10-7(11)12/h2H,1,3-5H2,(H,11,12). The summed E-state index contributed by atoms with van der Waals surface area (Å²) >= 11 is 9.33. The van der Waals surface area contributed by atoms with E-state index < -0.39 is 0 Å². The van der Waals surface area contributed by atoms with Crippen LogP contribution < -0.4 is 0 Å². The Morgan fingerprint density at radius 3 is 2.85 bits per heavy atom. The fourth-order valence-electron chi connectivity index (χ4n) is 0.423. The topological polar surface area (TPSA) is 35.5 Å². The van der Waals surface area contributed by atoms with Crippen molar-refractivity contribution in [3.8, 4) is 0 Å². The fourth-order valence-corrected chi connectivity index (χ4v) is 1.08. The highest BCUT2D eigenvalue weighted by molar-refractivity contribution is 8.13. The van der Waals surface area contributed by atoms with E-state index in [1.54, 1.807) is 0 Å². The molecule has 0 rings (SSSR count). The number of thioether (sulfide) groups is 1. The molecule has 0 fully saturated rings. The highest BCUT2D eigenvalue weighted by atomic mass is 32.2. The maximum atomic E-state index is 10.8. The number of hydrogen-bond acceptors (Lipinski definition) is 5. The predicted molar refractivity (Wildman–Crippen MR) is 61.5 cm³/mol. The van der Waals surface area contributed by atoms with Gasteiger partial charge in [-0.3, -0.25) is 0 Å². The molecular formula is C7H10O3S3. The normalized spacial score (nSPS) is 9.00. The van der Waals surface area contributed by atoms with Crippen LogP contribution in [0.3, 0.4) is 0 Å². The maximum absolute atomic E-state index is 10.8. The summed E-state index contributed by atoms with van der Waals surface area (Å²) < 4.78 is 9.72. The zero-order valence-electron chi connectivity index (χ0n) is 6.89. The molecule has 0 amide bonds. The molecule has 3 nitrogen and oxygen atoms in total. The first-order chi connectivity index (χ1) is 6.16. The Balaban J connectivity index is 3.26. The molecule has 0 heterocycles. The lowest BCUT2D eigenvalue weighted by molar-refractivity contribution is 0.187. The highest BCUT2D eigenvalue weighted by Gasteiger charge is 2.01. The molecule has 0 aromatic rings. The fraction of sp³-hybridized carbons (Fsp3) is 0.429. The van der Waals surface area contributed by atoms with Crippen LogP contribution in [0.15, 0.2) is 12.7 Å². The molecule has 0 spiro atoms. The number of rotatable bonds is 5. The van der Waals surface area contributed by atoms with Crippen LogP contribution in [0.25, 0.3) is 0 Å². The lowest BCUT2D eigenvalue weighted by atomic mass is 10.7. The van der Waals surface area contributed by atoms with E-state index in [9.17, 15) is 4.79 Å². The van der Waals surface area contributed by atoms with Crippen molar-refractivity contribution in [3.05, 3.63) is 12.7 Å². The van der Waals surface area contributed by atoms with Crippen molar-refractivity contribution in [2.75, 3.05) is 19.0 Å². The molecule has 6 heteroatoms. The molecule has 0 aliphatic heterocycles. The van der Waals surface area contributed by atoms with Crippen molar-refractivity contribution in [2.45, 2.75) is 0 Å². The number of carbonyl (C=O) groups is 1. The molecule has 0 aliphatic carbocycles. The van der Waals surface area contributed by atoms with E-state index in [1.807, 2.05) is 0 Å². The number of carbonyl (C=O) groups excluding carboxylic acids is 1. The quantitative estimate of drug-likeness (QED) is 0.261. The van der Waals surface area contributed by atoms with Crippen molar-refractivity contribution < 1.29 is 14.3 Å². The van der Waals surface area contributed by atoms with Crippen LogP contribution in [0.4, 0.5) is 4.79 Å². The number of thiol groups is 1. The van der Waals surface area contributed by atoms with Crippen LogP contribution in [-0.2, 0) is 9.47 Å². The van der Waals surface area contributed by atoms with Gasteiger partial charge in [-0.05, 0) is 24.0 Å². The first kappa shape index (κ1) is 12.8. The molecule has 0 saturated carbocycles. The molecule has 0 N–H and O–H groups in total. The number of hydrogen-bond donors (Lipinski definition) is 1. The number of thiocarbonyl (C=S) groups is 1. The third kappa shape index (κ3) is 9.72. The summed E-state index contributed by atoms with van der Waals surface area (Å²) in [6.07, 6.45) is 1.51. The summed E-state index contributed by atoms with van der Waals surface area (Å²) in [6.45, 7) is 4.01. The third-order valence-corrected chi connectivity index (χ3v) is 1.82. The van der Waals surface area contributed by atoms with E-state index in [0.29, 0.717) is 12.4 Å². The second-order valence-electron chi connectivity index (χ2n) is 1.81. The Morgan fingerprint density at radius 2 is 2.31 bits per heavy atom. The third-order valence-electron chi connectivity index (χ3n) is 0.848. The second kappa shape index (κ2) is 8.40. The molecule has 0 unspecified atom stereocenters. The number of ether oxygens (including phenoxy) is 2. The second-order valence-corrected chi connectivity index (χ2v) is 3.92. The van der Waals surface area contributed by atoms with Gasteiger partial charge in [0.15, 0.2) is 0 Å². The Morgan fingerprint density at radius 1 is 1.62 bits per heavy atom. The molecule has 13 heavy (non-hydrogen) atoms. The van der Waals surface area contributed by atoms with Crippen LogP contribution in [0.5, 0.6) is 0 Å². The van der Waals surface area contributed by atoms with Gasteiger partial charge in [0.2, 0.25) is 4.38 Å². The molecule has 0 bridgehead atoms. The van der Waals surface area contributed by atoms with E-state index in [1.165, 1.54) is 6.08 Å². The van der Waals surface area contributed by atoms with Crippen LogP contribution in [-0.4, -0.2) is 28.7 Å². The zero-order valence-corrected chi connectivity index (χ0v) is 9.42. The first-order valence-electron chi connectivity index (χ1n) is 3.43. The van der Waals surface area contributed by atoms with Gasteiger partial charge in [0.05, 0.1) is 6.61 Å². The lowest BCUT2D eigenvalue weighted by Gasteiger charge is -2.02. The van der Waals surface area contributed by atoms with Crippen molar-refractivity contribution in [2.24, 2.45) is 0 Å². The van der Waals surface area contributed by atoms with Crippen molar-refractivity contribution in [1.29, 1.82) is 0 Å². The Bertz CT molecular complexity index is 193. The van der Waals surface area contributed by atoms with Gasteiger partial charge in [-0.1, -0.05) is 25.3 Å². The van der Waals surface area contributed by atoms with Gasteiger partial charge in [-0.25, -0.2) is 4.79 Å². The van der Waals surface area contributed by atoms with E-state index >= 15 is 0 Å².